The van der Waals surface area contributed by atoms with Crippen LogP contribution in [0.15, 0.2) is 10.6 Å². The average Bonchev–Trinajstić information content (AvgIpc) is 2.84. The van der Waals surface area contributed by atoms with Crippen molar-refractivity contribution in [3.63, 3.8) is 0 Å². The quantitative estimate of drug-likeness (QED) is 0.835. The number of nitrogens with zero attached hydrogens (tertiary/aromatic N) is 1. The average molecular weight is 258 g/mol. The summed E-state index contributed by atoms with van der Waals surface area (Å²) in [5.74, 6) is 1.67. The van der Waals surface area contributed by atoms with Gasteiger partial charge in [-0.15, -0.1) is 0 Å². The summed E-state index contributed by atoms with van der Waals surface area (Å²) in [7, 11) is -1.03. The van der Waals surface area contributed by atoms with Crippen LogP contribution in [0.1, 0.15) is 24.5 Å². The molecule has 0 bridgehead atoms. The van der Waals surface area contributed by atoms with Crippen molar-refractivity contribution in [2.24, 2.45) is 0 Å². The molecule has 2 rings (SSSR count). The van der Waals surface area contributed by atoms with E-state index < -0.39 is 9.84 Å². The van der Waals surface area contributed by atoms with Crippen molar-refractivity contribution >= 4 is 9.84 Å². The molecule has 1 aromatic heterocycles. The van der Waals surface area contributed by atoms with Crippen molar-refractivity contribution in [3.05, 3.63) is 17.8 Å². The van der Waals surface area contributed by atoms with Crippen molar-refractivity contribution in [2.75, 3.05) is 19.3 Å². The summed E-state index contributed by atoms with van der Waals surface area (Å²) >= 11 is 0. The summed E-state index contributed by atoms with van der Waals surface area (Å²) in [4.78, 5) is 4.14. The molecule has 0 amide bonds. The van der Waals surface area contributed by atoms with E-state index in [9.17, 15) is 8.42 Å². The van der Waals surface area contributed by atoms with E-state index in [4.69, 9.17) is 4.42 Å². The highest BCUT2D eigenvalue weighted by Crippen LogP contribution is 2.23. The van der Waals surface area contributed by atoms with Crippen LogP contribution in [0.5, 0.6) is 0 Å². The third-order valence-corrected chi connectivity index (χ3v) is 5.36. The van der Waals surface area contributed by atoms with Gasteiger partial charge in [0.15, 0.2) is 15.7 Å². The van der Waals surface area contributed by atoms with Gasteiger partial charge in [0.2, 0.25) is 0 Å². The minimum absolute atomic E-state index is 0.293. The number of rotatable bonds is 5. The van der Waals surface area contributed by atoms with Gasteiger partial charge in [-0.1, -0.05) is 0 Å². The second-order valence-corrected chi connectivity index (χ2v) is 6.81. The van der Waals surface area contributed by atoms with Gasteiger partial charge in [-0.2, -0.15) is 0 Å². The molecule has 17 heavy (non-hydrogen) atoms. The zero-order valence-corrected chi connectivity index (χ0v) is 10.8. The van der Waals surface area contributed by atoms with Gasteiger partial charge >= 0.3 is 0 Å². The number of nitrogens with one attached hydrogen (secondary N) is 1. The van der Waals surface area contributed by atoms with Crippen LogP contribution in [-0.2, 0) is 22.7 Å². The van der Waals surface area contributed by atoms with E-state index in [1.165, 1.54) is 0 Å². The maximum Gasteiger partial charge on any atom is 0.195 e. The highest BCUT2D eigenvalue weighted by molar-refractivity contribution is 7.92. The van der Waals surface area contributed by atoms with Crippen molar-refractivity contribution in [1.82, 2.24) is 10.3 Å². The monoisotopic (exact) mass is 258 g/mol. The summed E-state index contributed by atoms with van der Waals surface area (Å²) < 4.78 is 28.9. The van der Waals surface area contributed by atoms with Crippen molar-refractivity contribution in [2.45, 2.75) is 30.9 Å². The fourth-order valence-electron chi connectivity index (χ4n) is 2.09. The normalized spacial score (nSPS) is 23.0. The molecule has 1 N–H and O–H groups in total. The molecule has 96 valence electrons. The fraction of sp³-hybridized carbons (Fsp3) is 0.727. The topological polar surface area (TPSA) is 72.2 Å². The standard InChI is InChI=1S/C11H18N2O3S/c1-12-5-4-9-8-13-11(16-9)7-10-3-2-6-17(10,14)15/h8,10,12H,2-7H2,1H3. The largest absolute Gasteiger partial charge is 0.446 e. The molecule has 1 unspecified atom stereocenters. The number of hydrogen-bond acceptors (Lipinski definition) is 5. The Morgan fingerprint density at radius 2 is 2.41 bits per heavy atom. The van der Waals surface area contributed by atoms with E-state index in [-0.39, 0.29) is 5.25 Å². The molecule has 1 atom stereocenters. The minimum Gasteiger partial charge on any atom is -0.446 e. The second kappa shape index (κ2) is 5.18. The van der Waals surface area contributed by atoms with Crippen LogP contribution in [0.3, 0.4) is 0 Å². The second-order valence-electron chi connectivity index (χ2n) is 4.41. The van der Waals surface area contributed by atoms with E-state index in [0.717, 1.165) is 31.6 Å². The van der Waals surface area contributed by atoms with Gasteiger partial charge < -0.3 is 9.73 Å². The molecule has 0 saturated carbocycles. The molecule has 2 heterocycles. The van der Waals surface area contributed by atoms with Crippen molar-refractivity contribution < 1.29 is 12.8 Å². The zero-order chi connectivity index (χ0) is 12.3. The summed E-state index contributed by atoms with van der Waals surface area (Å²) in [5.41, 5.74) is 0. The van der Waals surface area contributed by atoms with Gasteiger partial charge in [0.05, 0.1) is 17.2 Å². The first kappa shape index (κ1) is 12.6. The summed E-state index contributed by atoms with van der Waals surface area (Å²) in [5, 5.41) is 2.73. The van der Waals surface area contributed by atoms with Crippen LogP contribution in [0, 0.1) is 0 Å². The molecular formula is C11H18N2O3S. The van der Waals surface area contributed by atoms with Gasteiger partial charge in [0, 0.05) is 19.4 Å². The van der Waals surface area contributed by atoms with E-state index in [1.807, 2.05) is 7.05 Å². The van der Waals surface area contributed by atoms with Gasteiger partial charge in [-0.25, -0.2) is 13.4 Å². The molecule has 0 spiro atoms. The maximum atomic E-state index is 11.7. The van der Waals surface area contributed by atoms with E-state index in [1.54, 1.807) is 6.20 Å². The lowest BCUT2D eigenvalue weighted by Gasteiger charge is -2.05. The predicted octanol–water partition coefficient (Wildman–Crippen LogP) is 0.556. The Morgan fingerprint density at radius 3 is 3.06 bits per heavy atom. The third-order valence-electron chi connectivity index (χ3n) is 3.09. The van der Waals surface area contributed by atoms with E-state index >= 15 is 0 Å². The summed E-state index contributed by atoms with van der Waals surface area (Å²) in [6.07, 6.45) is 4.38. The van der Waals surface area contributed by atoms with Crippen LogP contribution in [-0.4, -0.2) is 38.0 Å². The minimum atomic E-state index is -2.91. The van der Waals surface area contributed by atoms with Crippen LogP contribution in [0.4, 0.5) is 0 Å². The summed E-state index contributed by atoms with van der Waals surface area (Å²) in [6, 6.07) is 0. The molecule has 0 radical (unpaired) electrons. The van der Waals surface area contributed by atoms with Gasteiger partial charge in [0.1, 0.15) is 5.76 Å². The number of aromatic nitrogens is 1. The zero-order valence-electron chi connectivity index (χ0n) is 9.98. The lowest BCUT2D eigenvalue weighted by Crippen LogP contribution is -2.18. The Balaban J connectivity index is 1.97. The molecule has 1 aliphatic rings. The molecule has 0 aliphatic carbocycles. The van der Waals surface area contributed by atoms with Crippen molar-refractivity contribution in [3.8, 4) is 0 Å². The maximum absolute atomic E-state index is 11.7. The molecule has 1 aromatic rings. The van der Waals surface area contributed by atoms with Gasteiger partial charge in [0.25, 0.3) is 0 Å². The number of sulfone groups is 1. The Morgan fingerprint density at radius 1 is 1.59 bits per heavy atom. The number of hydrogen-bond donors (Lipinski definition) is 1. The first-order chi connectivity index (χ1) is 8.12. The molecule has 1 fully saturated rings. The van der Waals surface area contributed by atoms with Gasteiger partial charge in [-0.3, -0.25) is 0 Å². The molecule has 1 aliphatic heterocycles. The third kappa shape index (κ3) is 3.07. The molecule has 0 aromatic carbocycles. The Labute approximate surface area is 102 Å². The number of likely N-dealkylation sites (N-methyl/N-ethyl adjacent to an activating group) is 1. The highest BCUT2D eigenvalue weighted by Gasteiger charge is 2.32. The smallest absolute Gasteiger partial charge is 0.195 e. The van der Waals surface area contributed by atoms with Crippen LogP contribution < -0.4 is 5.32 Å². The first-order valence-corrected chi connectivity index (χ1v) is 7.63. The Kier molecular flexibility index (Phi) is 3.83. The van der Waals surface area contributed by atoms with E-state index in [2.05, 4.69) is 10.3 Å². The molecule has 6 heteroatoms. The fourth-order valence-corrected chi connectivity index (χ4v) is 3.91. The van der Waals surface area contributed by atoms with Gasteiger partial charge in [-0.05, 0) is 19.9 Å². The lowest BCUT2D eigenvalue weighted by atomic mass is 10.2. The number of oxazole rings is 1. The highest BCUT2D eigenvalue weighted by atomic mass is 32.2. The lowest BCUT2D eigenvalue weighted by molar-refractivity contribution is 0.445. The molecule has 1 saturated heterocycles. The molecule has 5 nitrogen and oxygen atoms in total. The predicted molar refractivity (Wildman–Crippen MR) is 64.6 cm³/mol. The molecular weight excluding hydrogens is 240 g/mol. The van der Waals surface area contributed by atoms with Crippen LogP contribution in [0.25, 0.3) is 0 Å². The van der Waals surface area contributed by atoms with Crippen LogP contribution >= 0.6 is 0 Å². The Bertz CT molecular complexity index is 467. The SMILES string of the molecule is CNCCc1cnc(CC2CCCS2(=O)=O)o1. The summed E-state index contributed by atoms with van der Waals surface area (Å²) in [6.45, 7) is 0.830. The van der Waals surface area contributed by atoms with Crippen molar-refractivity contribution in [1.29, 1.82) is 0 Å². The first-order valence-electron chi connectivity index (χ1n) is 5.91. The van der Waals surface area contributed by atoms with E-state index in [0.29, 0.717) is 18.1 Å². The van der Waals surface area contributed by atoms with Crippen LogP contribution in [0.2, 0.25) is 0 Å². The Hall–Kier alpha value is -0.880.